The van der Waals surface area contributed by atoms with E-state index in [1.807, 2.05) is 4.90 Å². The van der Waals surface area contributed by atoms with Crippen molar-refractivity contribution >= 4 is 17.5 Å². The highest BCUT2D eigenvalue weighted by molar-refractivity contribution is 5.69. The van der Waals surface area contributed by atoms with Crippen molar-refractivity contribution in [2.45, 2.75) is 38.0 Å². The van der Waals surface area contributed by atoms with Gasteiger partial charge in [0.05, 0.1) is 11.7 Å². The fourth-order valence-electron chi connectivity index (χ4n) is 6.02. The number of methoxy groups -OCH3 is 1. The molecule has 1 unspecified atom stereocenters. The normalized spacial score (nSPS) is 19.8. The minimum atomic E-state index is -2.58. The number of pyridine rings is 1. The van der Waals surface area contributed by atoms with Gasteiger partial charge < -0.3 is 24.4 Å². The number of nitrogens with one attached hydrogen (secondary N) is 1. The Bertz CT molecular complexity index is 1690. The minimum Gasteiger partial charge on any atom is -0.487 e. The van der Waals surface area contributed by atoms with Gasteiger partial charge >= 0.3 is 0 Å². The second-order valence-electron chi connectivity index (χ2n) is 11.7. The van der Waals surface area contributed by atoms with Gasteiger partial charge in [-0.3, -0.25) is 0 Å². The monoisotopic (exact) mass is 614 g/mol. The number of nitrogens with zero attached hydrogens (tertiary/aromatic N) is 7. The van der Waals surface area contributed by atoms with Crippen molar-refractivity contribution < 1.29 is 31.8 Å². The lowest BCUT2D eigenvalue weighted by molar-refractivity contribution is -0.170. The molecule has 7 rings (SSSR count). The van der Waals surface area contributed by atoms with Crippen LogP contribution in [0.4, 0.5) is 35.0 Å². The van der Waals surface area contributed by atoms with Crippen LogP contribution in [0.5, 0.6) is 5.75 Å². The molecule has 44 heavy (non-hydrogen) atoms. The molecule has 4 aromatic rings. The first-order valence-electron chi connectivity index (χ1n) is 14.2. The molecule has 15 heteroatoms. The van der Waals surface area contributed by atoms with Gasteiger partial charge in [0.1, 0.15) is 19.2 Å². The number of aryl methyl sites for hydroxylation is 1. The SMILES string of the molecule is COCn1cc(-c2ccc(Nc3nc(-c4cnc(N5CC6(C5)CC(F)(F)C6)c(OCC5CCO5)c4)nn3C)cc2F)c(F)n1. The van der Waals surface area contributed by atoms with Crippen LogP contribution < -0.4 is 15.0 Å². The van der Waals surface area contributed by atoms with Gasteiger partial charge in [0, 0.05) is 87.7 Å². The third-order valence-electron chi connectivity index (χ3n) is 8.18. The molecule has 0 bridgehead atoms. The van der Waals surface area contributed by atoms with Gasteiger partial charge in [0.15, 0.2) is 17.4 Å². The zero-order valence-electron chi connectivity index (χ0n) is 24.1. The van der Waals surface area contributed by atoms with Crippen molar-refractivity contribution in [1.82, 2.24) is 29.5 Å². The average molecular weight is 615 g/mol. The molecule has 3 fully saturated rings. The van der Waals surface area contributed by atoms with E-state index in [4.69, 9.17) is 14.2 Å². The Morgan fingerprint density at radius 3 is 2.59 bits per heavy atom. The van der Waals surface area contributed by atoms with Crippen LogP contribution in [-0.2, 0) is 23.3 Å². The molecule has 2 aliphatic heterocycles. The van der Waals surface area contributed by atoms with Crippen LogP contribution in [0.2, 0.25) is 0 Å². The Hall–Kier alpha value is -4.24. The zero-order valence-corrected chi connectivity index (χ0v) is 24.1. The molecule has 3 aromatic heterocycles. The van der Waals surface area contributed by atoms with Crippen molar-refractivity contribution in [3.8, 4) is 28.3 Å². The van der Waals surface area contributed by atoms with Gasteiger partial charge in [-0.2, -0.15) is 9.37 Å². The minimum absolute atomic E-state index is 0.00634. The summed E-state index contributed by atoms with van der Waals surface area (Å²) >= 11 is 0. The van der Waals surface area contributed by atoms with E-state index >= 15 is 4.39 Å². The Balaban J connectivity index is 1.09. The van der Waals surface area contributed by atoms with Crippen LogP contribution >= 0.6 is 0 Å². The number of hydrogen-bond donors (Lipinski definition) is 1. The maximum atomic E-state index is 15.0. The Kier molecular flexibility index (Phi) is 6.96. The summed E-state index contributed by atoms with van der Waals surface area (Å²) in [7, 11) is 3.14. The highest BCUT2D eigenvalue weighted by atomic mass is 19.3. The Morgan fingerprint density at radius 1 is 1.11 bits per heavy atom. The molecule has 2 saturated heterocycles. The van der Waals surface area contributed by atoms with E-state index in [1.165, 1.54) is 34.8 Å². The lowest BCUT2D eigenvalue weighted by Crippen LogP contribution is -2.66. The topological polar surface area (TPSA) is 104 Å². The van der Waals surface area contributed by atoms with E-state index in [9.17, 15) is 13.2 Å². The number of halogens is 4. The van der Waals surface area contributed by atoms with Gasteiger partial charge in [-0.05, 0) is 24.3 Å². The zero-order chi connectivity index (χ0) is 30.6. The van der Waals surface area contributed by atoms with Crippen LogP contribution in [0, 0.1) is 17.2 Å². The first-order chi connectivity index (χ1) is 21.1. The molecule has 0 radical (unpaired) electrons. The van der Waals surface area contributed by atoms with Crippen molar-refractivity contribution in [2.75, 3.05) is 43.6 Å². The van der Waals surface area contributed by atoms with E-state index < -0.39 is 17.7 Å². The molecule has 5 heterocycles. The first-order valence-corrected chi connectivity index (χ1v) is 14.2. The molecule has 0 amide bonds. The number of aromatic nitrogens is 6. The highest BCUT2D eigenvalue weighted by Gasteiger charge is 2.62. The van der Waals surface area contributed by atoms with Crippen LogP contribution in [0.25, 0.3) is 22.5 Å². The van der Waals surface area contributed by atoms with Crippen molar-refractivity contribution in [3.63, 3.8) is 0 Å². The molecule has 1 atom stereocenters. The summed E-state index contributed by atoms with van der Waals surface area (Å²) in [6.45, 7) is 2.07. The molecule has 1 aliphatic carbocycles. The third kappa shape index (κ3) is 5.34. The van der Waals surface area contributed by atoms with E-state index in [-0.39, 0.29) is 42.2 Å². The van der Waals surface area contributed by atoms with E-state index in [0.717, 1.165) is 6.42 Å². The summed E-state index contributed by atoms with van der Waals surface area (Å²) in [5.74, 6) is -2.27. The molecule has 1 N–H and O–H groups in total. The summed E-state index contributed by atoms with van der Waals surface area (Å²) in [6.07, 6.45) is 3.69. The second-order valence-corrected chi connectivity index (χ2v) is 11.7. The molecule has 1 spiro atoms. The average Bonchev–Trinajstić information content (AvgIpc) is 3.46. The van der Waals surface area contributed by atoms with Crippen molar-refractivity contribution in [1.29, 1.82) is 0 Å². The van der Waals surface area contributed by atoms with Crippen LogP contribution in [0.15, 0.2) is 36.7 Å². The van der Waals surface area contributed by atoms with E-state index in [2.05, 4.69) is 25.5 Å². The first kappa shape index (κ1) is 28.5. The predicted molar refractivity (Wildman–Crippen MR) is 151 cm³/mol. The number of anilines is 3. The standard InChI is InChI=1S/C29H30F4N8O3/c1-39-27(35-18-3-4-20(22(30)8-18)21-10-41(16-42-2)37-24(21)31)36-25(38-39)17-7-23(44-11-19-5-6-43-19)26(34-9-17)40-14-28(15-40)12-29(32,33)13-28/h3-4,7-10,19H,5-6,11-16H2,1-2H3,(H,35,36,38). The molecule has 232 valence electrons. The molecular weight excluding hydrogens is 584 g/mol. The number of rotatable bonds is 10. The Labute approximate surface area is 249 Å². The highest BCUT2D eigenvalue weighted by Crippen LogP contribution is 2.57. The summed E-state index contributed by atoms with van der Waals surface area (Å²) in [5.41, 5.74) is 0.670. The summed E-state index contributed by atoms with van der Waals surface area (Å²) < 4.78 is 75.8. The Morgan fingerprint density at radius 2 is 1.91 bits per heavy atom. The number of ether oxygens (including phenoxy) is 3. The summed E-state index contributed by atoms with van der Waals surface area (Å²) in [4.78, 5) is 11.2. The number of hydrogen-bond acceptors (Lipinski definition) is 9. The number of alkyl halides is 2. The lowest BCUT2D eigenvalue weighted by atomic mass is 9.61. The fraction of sp³-hybridized carbons (Fsp3) is 0.448. The molecule has 1 aromatic carbocycles. The smallest absolute Gasteiger partial charge is 0.249 e. The fourth-order valence-corrected chi connectivity index (χ4v) is 6.02. The largest absolute Gasteiger partial charge is 0.487 e. The molecule has 11 nitrogen and oxygen atoms in total. The predicted octanol–water partition coefficient (Wildman–Crippen LogP) is 4.77. The maximum Gasteiger partial charge on any atom is 0.249 e. The van der Waals surface area contributed by atoms with Gasteiger partial charge in [-0.15, -0.1) is 10.2 Å². The van der Waals surface area contributed by atoms with Crippen LogP contribution in [-0.4, -0.2) is 75.0 Å². The van der Waals surface area contributed by atoms with Gasteiger partial charge in [0.2, 0.25) is 17.8 Å². The number of benzene rings is 1. The van der Waals surface area contributed by atoms with Crippen molar-refractivity contribution in [3.05, 3.63) is 48.4 Å². The van der Waals surface area contributed by atoms with Crippen LogP contribution in [0.3, 0.4) is 0 Å². The van der Waals surface area contributed by atoms with Gasteiger partial charge in [-0.25, -0.2) is 27.5 Å². The van der Waals surface area contributed by atoms with Crippen LogP contribution in [0.1, 0.15) is 19.3 Å². The maximum absolute atomic E-state index is 15.0. The van der Waals surface area contributed by atoms with E-state index in [0.29, 0.717) is 60.9 Å². The van der Waals surface area contributed by atoms with Gasteiger partial charge in [0.25, 0.3) is 0 Å². The van der Waals surface area contributed by atoms with Gasteiger partial charge in [-0.1, -0.05) is 0 Å². The molecule has 1 saturated carbocycles. The molecule has 3 aliphatic rings. The molecular formula is C29H30F4N8O3. The lowest BCUT2D eigenvalue weighted by Gasteiger charge is -2.59. The summed E-state index contributed by atoms with van der Waals surface area (Å²) in [6, 6.07) is 6.07. The second kappa shape index (κ2) is 10.7. The van der Waals surface area contributed by atoms with Crippen molar-refractivity contribution in [2.24, 2.45) is 12.5 Å². The van der Waals surface area contributed by atoms with E-state index in [1.54, 1.807) is 25.4 Å². The third-order valence-corrected chi connectivity index (χ3v) is 8.18. The summed E-state index contributed by atoms with van der Waals surface area (Å²) in [5, 5.41) is 11.2. The quantitative estimate of drug-likeness (QED) is 0.253.